The molecule has 1 N–H and O–H groups in total. The second-order valence-electron chi connectivity index (χ2n) is 2.19. The molecule has 4 nitrogen and oxygen atoms in total. The van der Waals surface area contributed by atoms with Crippen molar-refractivity contribution in [1.29, 1.82) is 0 Å². The van der Waals surface area contributed by atoms with Crippen molar-refractivity contribution in [1.82, 2.24) is 9.78 Å². The minimum Gasteiger partial charge on any atom is -0.410 e. The smallest absolute Gasteiger partial charge is 0.178 e. The second-order valence-corrected chi connectivity index (χ2v) is 2.55. The van der Waals surface area contributed by atoms with Gasteiger partial charge in [-0.15, -0.1) is 0 Å². The summed E-state index contributed by atoms with van der Waals surface area (Å²) in [6.45, 7) is 1.79. The molecule has 1 aromatic rings. The second kappa shape index (κ2) is 2.92. The first-order valence-electron chi connectivity index (χ1n) is 3.03. The largest absolute Gasteiger partial charge is 0.410 e. The molecule has 5 heteroatoms. The van der Waals surface area contributed by atoms with Gasteiger partial charge in [0, 0.05) is 13.2 Å². The van der Waals surface area contributed by atoms with Gasteiger partial charge in [-0.1, -0.05) is 16.8 Å². The van der Waals surface area contributed by atoms with Gasteiger partial charge in [-0.05, 0) is 6.92 Å². The summed E-state index contributed by atoms with van der Waals surface area (Å²) in [5, 5.41) is 15.3. The minimum absolute atomic E-state index is 0.0654. The Morgan fingerprint density at radius 2 is 2.45 bits per heavy atom. The fourth-order valence-electron chi connectivity index (χ4n) is 0.856. The molecule has 0 aromatic carbocycles. The standard InChI is InChI=1S/C6H8ClN3O/c1-4-5(6(7)9-11)3-10(2)8-4/h3,11H,1-2H3. The zero-order valence-corrected chi connectivity index (χ0v) is 7.00. The van der Waals surface area contributed by atoms with Crippen LogP contribution < -0.4 is 0 Å². The summed E-state index contributed by atoms with van der Waals surface area (Å²) in [6, 6.07) is 0. The van der Waals surface area contributed by atoms with Crippen LogP contribution in [-0.2, 0) is 7.05 Å². The predicted molar refractivity (Wildman–Crippen MR) is 42.1 cm³/mol. The summed E-state index contributed by atoms with van der Waals surface area (Å²) in [6.07, 6.45) is 1.69. The van der Waals surface area contributed by atoms with Crippen LogP contribution in [-0.4, -0.2) is 20.2 Å². The molecule has 0 aliphatic heterocycles. The number of hydrogen-bond acceptors (Lipinski definition) is 3. The van der Waals surface area contributed by atoms with E-state index in [0.29, 0.717) is 5.56 Å². The first kappa shape index (κ1) is 8.07. The zero-order valence-electron chi connectivity index (χ0n) is 6.24. The van der Waals surface area contributed by atoms with Crippen LogP contribution in [0.3, 0.4) is 0 Å². The van der Waals surface area contributed by atoms with Crippen LogP contribution in [0.5, 0.6) is 0 Å². The van der Waals surface area contributed by atoms with E-state index in [-0.39, 0.29) is 5.17 Å². The molecule has 0 saturated heterocycles. The summed E-state index contributed by atoms with van der Waals surface area (Å²) >= 11 is 5.56. The van der Waals surface area contributed by atoms with Gasteiger partial charge in [0.2, 0.25) is 0 Å². The normalized spacial score (nSPS) is 12.1. The SMILES string of the molecule is Cc1nn(C)cc1C(Cl)=NO. The summed E-state index contributed by atoms with van der Waals surface area (Å²) in [5.74, 6) is 0. The highest BCUT2D eigenvalue weighted by atomic mass is 35.5. The monoisotopic (exact) mass is 173 g/mol. The Morgan fingerprint density at radius 3 is 2.82 bits per heavy atom. The topological polar surface area (TPSA) is 50.4 Å². The fourth-order valence-corrected chi connectivity index (χ4v) is 1.04. The molecule has 0 saturated carbocycles. The van der Waals surface area contributed by atoms with Crippen LogP contribution in [0.4, 0.5) is 0 Å². The number of aromatic nitrogens is 2. The van der Waals surface area contributed by atoms with E-state index in [9.17, 15) is 0 Å². The third-order valence-corrected chi connectivity index (χ3v) is 1.60. The van der Waals surface area contributed by atoms with Crippen molar-refractivity contribution >= 4 is 16.8 Å². The van der Waals surface area contributed by atoms with Gasteiger partial charge in [0.05, 0.1) is 11.3 Å². The van der Waals surface area contributed by atoms with Crippen LogP contribution in [0, 0.1) is 6.92 Å². The molecular weight excluding hydrogens is 166 g/mol. The average molecular weight is 174 g/mol. The van der Waals surface area contributed by atoms with Crippen LogP contribution >= 0.6 is 11.6 Å². The van der Waals surface area contributed by atoms with E-state index in [0.717, 1.165) is 5.69 Å². The van der Waals surface area contributed by atoms with Crippen molar-refractivity contribution in [3.05, 3.63) is 17.5 Å². The van der Waals surface area contributed by atoms with E-state index in [1.807, 2.05) is 0 Å². The molecule has 11 heavy (non-hydrogen) atoms. The maximum Gasteiger partial charge on any atom is 0.178 e. The highest BCUT2D eigenvalue weighted by Crippen LogP contribution is 2.08. The molecule has 0 atom stereocenters. The van der Waals surface area contributed by atoms with Crippen molar-refractivity contribution in [3.63, 3.8) is 0 Å². The van der Waals surface area contributed by atoms with E-state index >= 15 is 0 Å². The van der Waals surface area contributed by atoms with Gasteiger partial charge < -0.3 is 5.21 Å². The lowest BCUT2D eigenvalue weighted by atomic mass is 10.3. The number of oxime groups is 1. The molecule has 1 heterocycles. The Labute approximate surface area is 69.1 Å². The molecule has 1 rings (SSSR count). The molecular formula is C6H8ClN3O. The zero-order chi connectivity index (χ0) is 8.43. The fraction of sp³-hybridized carbons (Fsp3) is 0.333. The first-order valence-corrected chi connectivity index (χ1v) is 3.41. The lowest BCUT2D eigenvalue weighted by molar-refractivity contribution is 0.321. The van der Waals surface area contributed by atoms with Crippen LogP contribution in [0.25, 0.3) is 0 Å². The summed E-state index contributed by atoms with van der Waals surface area (Å²) in [4.78, 5) is 0. The highest BCUT2D eigenvalue weighted by Gasteiger charge is 2.07. The van der Waals surface area contributed by atoms with E-state index in [4.69, 9.17) is 16.8 Å². The van der Waals surface area contributed by atoms with E-state index in [1.165, 1.54) is 0 Å². The summed E-state index contributed by atoms with van der Waals surface area (Å²) in [5.41, 5.74) is 1.40. The quantitative estimate of drug-likeness (QED) is 0.393. The van der Waals surface area contributed by atoms with E-state index in [2.05, 4.69) is 10.3 Å². The predicted octanol–water partition coefficient (Wildman–Crippen LogP) is 1.10. The maximum atomic E-state index is 8.34. The van der Waals surface area contributed by atoms with Gasteiger partial charge in [0.25, 0.3) is 0 Å². The Morgan fingerprint density at radius 1 is 1.82 bits per heavy atom. The number of halogens is 1. The molecule has 0 aliphatic carbocycles. The number of aryl methyl sites for hydroxylation is 2. The molecule has 0 amide bonds. The Bertz CT molecular complexity index is 292. The van der Waals surface area contributed by atoms with Crippen molar-refractivity contribution in [2.75, 3.05) is 0 Å². The highest BCUT2D eigenvalue weighted by molar-refractivity contribution is 6.69. The molecule has 0 radical (unpaired) electrons. The molecule has 0 unspecified atom stereocenters. The van der Waals surface area contributed by atoms with Gasteiger partial charge in [0.1, 0.15) is 0 Å². The molecule has 0 bridgehead atoms. The number of rotatable bonds is 1. The third kappa shape index (κ3) is 1.51. The van der Waals surface area contributed by atoms with Crippen LogP contribution in [0.15, 0.2) is 11.4 Å². The first-order chi connectivity index (χ1) is 5.15. The number of nitrogens with zero attached hydrogens (tertiary/aromatic N) is 3. The van der Waals surface area contributed by atoms with Crippen LogP contribution in [0.2, 0.25) is 0 Å². The van der Waals surface area contributed by atoms with E-state index < -0.39 is 0 Å². The van der Waals surface area contributed by atoms with Crippen molar-refractivity contribution < 1.29 is 5.21 Å². The van der Waals surface area contributed by atoms with Crippen molar-refractivity contribution in [3.8, 4) is 0 Å². The third-order valence-electron chi connectivity index (χ3n) is 1.32. The Kier molecular flexibility index (Phi) is 2.14. The lowest BCUT2D eigenvalue weighted by Crippen LogP contribution is -1.90. The van der Waals surface area contributed by atoms with E-state index in [1.54, 1.807) is 24.9 Å². The molecule has 1 aromatic heterocycles. The average Bonchev–Trinajstić information content (AvgIpc) is 2.28. The van der Waals surface area contributed by atoms with Crippen LogP contribution in [0.1, 0.15) is 11.3 Å². The lowest BCUT2D eigenvalue weighted by Gasteiger charge is -1.88. The molecule has 0 aliphatic rings. The van der Waals surface area contributed by atoms with Crippen molar-refractivity contribution in [2.24, 2.45) is 12.2 Å². The number of hydrogen-bond donors (Lipinski definition) is 1. The van der Waals surface area contributed by atoms with Gasteiger partial charge in [-0.2, -0.15) is 5.10 Å². The summed E-state index contributed by atoms with van der Waals surface area (Å²) < 4.78 is 1.61. The van der Waals surface area contributed by atoms with Gasteiger partial charge >= 0.3 is 0 Å². The Balaban J connectivity index is 3.13. The minimum atomic E-state index is 0.0654. The Hall–Kier alpha value is -1.03. The maximum absolute atomic E-state index is 8.34. The molecule has 60 valence electrons. The summed E-state index contributed by atoms with van der Waals surface area (Å²) in [7, 11) is 1.78. The molecule has 0 fully saturated rings. The van der Waals surface area contributed by atoms with Gasteiger partial charge in [-0.25, -0.2) is 0 Å². The van der Waals surface area contributed by atoms with Gasteiger partial charge in [0.15, 0.2) is 5.17 Å². The van der Waals surface area contributed by atoms with Crippen molar-refractivity contribution in [2.45, 2.75) is 6.92 Å². The molecule has 0 spiro atoms. The van der Waals surface area contributed by atoms with Gasteiger partial charge in [-0.3, -0.25) is 4.68 Å².